The summed E-state index contributed by atoms with van der Waals surface area (Å²) in [6, 6.07) is 8.68. The number of benzene rings is 1. The van der Waals surface area contributed by atoms with Gasteiger partial charge in [-0.2, -0.15) is 0 Å². The van der Waals surface area contributed by atoms with Crippen molar-refractivity contribution in [2.24, 2.45) is 0 Å². The van der Waals surface area contributed by atoms with Crippen molar-refractivity contribution >= 4 is 40.3 Å². The highest BCUT2D eigenvalue weighted by Gasteiger charge is 2.30. The zero-order chi connectivity index (χ0) is 18.3. The predicted octanol–water partition coefficient (Wildman–Crippen LogP) is 4.93. The molecule has 1 aromatic heterocycles. The zero-order valence-electron chi connectivity index (χ0n) is 15.2. The molecule has 25 heavy (non-hydrogen) atoms. The molecule has 0 bridgehead atoms. The molecule has 0 atom stereocenters. The van der Waals surface area contributed by atoms with E-state index in [4.69, 9.17) is 12.2 Å². The zero-order valence-corrected chi connectivity index (χ0v) is 16.8. The standard InChI is InChI=1S/C20H22N2OS2/c1-6-21-19(23)18(25-20(21)24)11-16-10-14(4)22(15(16)5)17-8-12(2)7-13(3)9-17/h7-11H,6H2,1-5H3/b18-11-. The third-order valence-electron chi connectivity index (χ3n) is 4.41. The van der Waals surface area contributed by atoms with E-state index in [0.717, 1.165) is 22.6 Å². The number of hydrogen-bond donors (Lipinski definition) is 0. The number of amides is 1. The van der Waals surface area contributed by atoms with Gasteiger partial charge in [-0.05, 0) is 75.6 Å². The number of likely N-dealkylation sites (N-methyl/N-ethyl adjacent to an activating group) is 1. The quantitative estimate of drug-likeness (QED) is 0.566. The lowest BCUT2D eigenvalue weighted by atomic mass is 10.1. The largest absolute Gasteiger partial charge is 0.318 e. The van der Waals surface area contributed by atoms with E-state index in [0.29, 0.717) is 15.8 Å². The number of nitrogens with zero attached hydrogens (tertiary/aromatic N) is 2. The number of hydrogen-bond acceptors (Lipinski definition) is 3. The minimum atomic E-state index is 0.00806. The second-order valence-corrected chi connectivity index (χ2v) is 8.11. The Bertz CT molecular complexity index is 888. The number of aryl methyl sites for hydroxylation is 3. The normalized spacial score (nSPS) is 16.4. The highest BCUT2D eigenvalue weighted by atomic mass is 32.2. The maximum atomic E-state index is 12.5. The van der Waals surface area contributed by atoms with Crippen LogP contribution in [0.2, 0.25) is 0 Å². The second-order valence-electron chi connectivity index (χ2n) is 6.43. The number of thioether (sulfide) groups is 1. The first-order chi connectivity index (χ1) is 11.8. The van der Waals surface area contributed by atoms with Gasteiger partial charge in [-0.3, -0.25) is 9.69 Å². The van der Waals surface area contributed by atoms with Gasteiger partial charge in [0.15, 0.2) is 0 Å². The highest BCUT2D eigenvalue weighted by Crippen LogP contribution is 2.33. The van der Waals surface area contributed by atoms with Crippen LogP contribution in [0.3, 0.4) is 0 Å². The van der Waals surface area contributed by atoms with Crippen LogP contribution < -0.4 is 0 Å². The van der Waals surface area contributed by atoms with E-state index in [9.17, 15) is 4.79 Å². The van der Waals surface area contributed by atoms with Gasteiger partial charge in [0, 0.05) is 23.6 Å². The molecule has 3 nitrogen and oxygen atoms in total. The molecule has 0 unspecified atom stereocenters. The van der Waals surface area contributed by atoms with Crippen molar-refractivity contribution in [1.82, 2.24) is 9.47 Å². The number of carbonyl (C=O) groups excluding carboxylic acids is 1. The molecule has 0 radical (unpaired) electrons. The van der Waals surface area contributed by atoms with Crippen LogP contribution in [0.4, 0.5) is 0 Å². The first-order valence-electron chi connectivity index (χ1n) is 8.34. The molecule has 2 heterocycles. The van der Waals surface area contributed by atoms with E-state index in [1.165, 1.54) is 22.9 Å². The Hall–Kier alpha value is -1.85. The Kier molecular flexibility index (Phi) is 4.89. The van der Waals surface area contributed by atoms with Crippen molar-refractivity contribution in [3.8, 4) is 5.69 Å². The maximum absolute atomic E-state index is 12.5. The summed E-state index contributed by atoms with van der Waals surface area (Å²) in [4.78, 5) is 14.8. The topological polar surface area (TPSA) is 25.2 Å². The molecule has 3 rings (SSSR count). The Labute approximate surface area is 158 Å². The summed E-state index contributed by atoms with van der Waals surface area (Å²) in [7, 11) is 0. The van der Waals surface area contributed by atoms with Crippen LogP contribution in [0.15, 0.2) is 29.2 Å². The lowest BCUT2D eigenvalue weighted by Gasteiger charge is -2.12. The Morgan fingerprint density at radius 1 is 1.08 bits per heavy atom. The van der Waals surface area contributed by atoms with Gasteiger partial charge in [-0.25, -0.2) is 0 Å². The minimum absolute atomic E-state index is 0.00806. The third-order valence-corrected chi connectivity index (χ3v) is 5.79. The van der Waals surface area contributed by atoms with Gasteiger partial charge in [0.2, 0.25) is 0 Å². The first kappa shape index (κ1) is 18.0. The molecule has 0 spiro atoms. The molecule has 0 saturated carbocycles. The molecule has 5 heteroatoms. The van der Waals surface area contributed by atoms with Gasteiger partial charge >= 0.3 is 0 Å². The molecule has 2 aromatic rings. The lowest BCUT2D eigenvalue weighted by Crippen LogP contribution is -2.27. The molecule has 1 aliphatic rings. The SMILES string of the molecule is CCN1C(=O)/C(=C/c2cc(C)n(-c3cc(C)cc(C)c3)c2C)SC1=S. The number of thiocarbonyl (C=S) groups is 1. The summed E-state index contributed by atoms with van der Waals surface area (Å²) in [6.45, 7) is 11.0. The van der Waals surface area contributed by atoms with Gasteiger partial charge in [0.25, 0.3) is 5.91 Å². The van der Waals surface area contributed by atoms with Gasteiger partial charge in [-0.15, -0.1) is 0 Å². The molecule has 1 saturated heterocycles. The van der Waals surface area contributed by atoms with E-state index < -0.39 is 0 Å². The van der Waals surface area contributed by atoms with Crippen LogP contribution in [0.5, 0.6) is 0 Å². The first-order valence-corrected chi connectivity index (χ1v) is 9.57. The van der Waals surface area contributed by atoms with Crippen LogP contribution >= 0.6 is 24.0 Å². The summed E-state index contributed by atoms with van der Waals surface area (Å²) in [5.74, 6) is 0.00806. The number of carbonyl (C=O) groups is 1. The Morgan fingerprint density at radius 2 is 1.72 bits per heavy atom. The van der Waals surface area contributed by atoms with Gasteiger partial charge in [-0.1, -0.05) is 30.0 Å². The van der Waals surface area contributed by atoms with E-state index in [1.54, 1.807) is 4.90 Å². The van der Waals surface area contributed by atoms with E-state index in [1.807, 2.05) is 13.0 Å². The summed E-state index contributed by atoms with van der Waals surface area (Å²) >= 11 is 6.69. The van der Waals surface area contributed by atoms with Crippen LogP contribution in [-0.2, 0) is 4.79 Å². The number of aromatic nitrogens is 1. The molecule has 1 fully saturated rings. The summed E-state index contributed by atoms with van der Waals surface area (Å²) in [5.41, 5.74) is 6.99. The average molecular weight is 371 g/mol. The van der Waals surface area contributed by atoms with E-state index >= 15 is 0 Å². The predicted molar refractivity (Wildman–Crippen MR) is 110 cm³/mol. The molecule has 0 aliphatic carbocycles. The van der Waals surface area contributed by atoms with Crippen molar-refractivity contribution in [2.45, 2.75) is 34.6 Å². The molecular weight excluding hydrogens is 348 g/mol. The summed E-state index contributed by atoms with van der Waals surface area (Å²) < 4.78 is 2.88. The molecule has 130 valence electrons. The third kappa shape index (κ3) is 3.31. The molecule has 1 amide bonds. The van der Waals surface area contributed by atoms with Crippen molar-refractivity contribution in [3.05, 3.63) is 57.2 Å². The highest BCUT2D eigenvalue weighted by molar-refractivity contribution is 8.26. The van der Waals surface area contributed by atoms with Crippen LogP contribution in [0.25, 0.3) is 11.8 Å². The average Bonchev–Trinajstić information content (AvgIpc) is 2.94. The Balaban J connectivity index is 2.05. The molecule has 1 aromatic carbocycles. The molecular formula is C20H22N2OS2. The van der Waals surface area contributed by atoms with Crippen molar-refractivity contribution in [1.29, 1.82) is 0 Å². The van der Waals surface area contributed by atoms with Gasteiger partial charge in [0.05, 0.1) is 4.91 Å². The monoisotopic (exact) mass is 370 g/mol. The van der Waals surface area contributed by atoms with Crippen molar-refractivity contribution < 1.29 is 4.79 Å². The van der Waals surface area contributed by atoms with Crippen molar-refractivity contribution in [3.63, 3.8) is 0 Å². The van der Waals surface area contributed by atoms with Crippen molar-refractivity contribution in [2.75, 3.05) is 6.54 Å². The fourth-order valence-electron chi connectivity index (χ4n) is 3.32. The second kappa shape index (κ2) is 6.81. The fourth-order valence-corrected chi connectivity index (χ4v) is 4.70. The fraction of sp³-hybridized carbons (Fsp3) is 0.300. The van der Waals surface area contributed by atoms with Gasteiger partial charge < -0.3 is 4.57 Å². The van der Waals surface area contributed by atoms with Crippen LogP contribution in [0, 0.1) is 27.7 Å². The van der Waals surface area contributed by atoms with E-state index in [-0.39, 0.29) is 5.91 Å². The summed E-state index contributed by atoms with van der Waals surface area (Å²) in [6.07, 6.45) is 1.97. The minimum Gasteiger partial charge on any atom is -0.318 e. The van der Waals surface area contributed by atoms with Gasteiger partial charge in [0.1, 0.15) is 4.32 Å². The number of rotatable bonds is 3. The molecule has 1 aliphatic heterocycles. The lowest BCUT2D eigenvalue weighted by molar-refractivity contribution is -0.121. The molecule has 0 N–H and O–H groups in total. The van der Waals surface area contributed by atoms with E-state index in [2.05, 4.69) is 56.5 Å². The van der Waals surface area contributed by atoms with Crippen LogP contribution in [-0.4, -0.2) is 26.2 Å². The maximum Gasteiger partial charge on any atom is 0.266 e. The van der Waals surface area contributed by atoms with Crippen LogP contribution in [0.1, 0.15) is 35.0 Å². The summed E-state index contributed by atoms with van der Waals surface area (Å²) in [5, 5.41) is 0. The Morgan fingerprint density at radius 3 is 2.28 bits per heavy atom. The smallest absolute Gasteiger partial charge is 0.266 e.